The first-order chi connectivity index (χ1) is 14.0. The molecule has 7 nitrogen and oxygen atoms in total. The predicted molar refractivity (Wildman–Crippen MR) is 108 cm³/mol. The van der Waals surface area contributed by atoms with Gasteiger partial charge in [0.15, 0.2) is 0 Å². The van der Waals surface area contributed by atoms with E-state index in [9.17, 15) is 14.9 Å². The summed E-state index contributed by atoms with van der Waals surface area (Å²) in [5.41, 5.74) is 2.14. The molecule has 0 aliphatic rings. The Labute approximate surface area is 167 Å². The van der Waals surface area contributed by atoms with E-state index in [-0.39, 0.29) is 18.7 Å². The van der Waals surface area contributed by atoms with Crippen molar-refractivity contribution >= 4 is 28.9 Å². The van der Waals surface area contributed by atoms with Crippen molar-refractivity contribution in [1.29, 1.82) is 5.26 Å². The molecule has 0 bridgehead atoms. The van der Waals surface area contributed by atoms with Crippen LogP contribution in [0.3, 0.4) is 0 Å². The molecular formula is C22H19N3O4. The highest BCUT2D eigenvalue weighted by Crippen LogP contribution is 2.23. The van der Waals surface area contributed by atoms with Crippen LogP contribution in [0.4, 0.5) is 0 Å². The summed E-state index contributed by atoms with van der Waals surface area (Å²) in [4.78, 5) is 23.6. The molecule has 0 spiro atoms. The average molecular weight is 389 g/mol. The molecule has 1 heterocycles. The fourth-order valence-electron chi connectivity index (χ4n) is 2.99. The largest absolute Gasteiger partial charge is 0.497 e. The number of ether oxygens (including phenoxy) is 1. The van der Waals surface area contributed by atoms with Crippen molar-refractivity contribution in [2.45, 2.75) is 13.1 Å². The molecule has 2 aromatic carbocycles. The summed E-state index contributed by atoms with van der Waals surface area (Å²) in [5, 5.41) is 22.0. The molecule has 3 rings (SSSR count). The lowest BCUT2D eigenvalue weighted by Crippen LogP contribution is -2.23. The average Bonchev–Trinajstić information content (AvgIpc) is 3.07. The molecule has 146 valence electrons. The van der Waals surface area contributed by atoms with Crippen LogP contribution in [0, 0.1) is 11.3 Å². The number of benzene rings is 2. The van der Waals surface area contributed by atoms with Gasteiger partial charge in [-0.15, -0.1) is 0 Å². The fourth-order valence-corrected chi connectivity index (χ4v) is 2.99. The second kappa shape index (κ2) is 8.76. The van der Waals surface area contributed by atoms with Crippen LogP contribution in [0.1, 0.15) is 11.1 Å². The zero-order valence-corrected chi connectivity index (χ0v) is 15.8. The second-order valence-electron chi connectivity index (χ2n) is 6.32. The lowest BCUT2D eigenvalue weighted by Gasteiger charge is -2.05. The SMILES string of the molecule is COc1ccc(CNC(=O)C(C#N)=Cc2cn(CC(=O)O)c3ccccc23)cc1. The van der Waals surface area contributed by atoms with Crippen LogP contribution < -0.4 is 10.1 Å². The third kappa shape index (κ3) is 4.62. The number of nitrogens with one attached hydrogen (secondary N) is 1. The van der Waals surface area contributed by atoms with Gasteiger partial charge in [-0.1, -0.05) is 30.3 Å². The van der Waals surface area contributed by atoms with Gasteiger partial charge in [0.25, 0.3) is 5.91 Å². The highest BCUT2D eigenvalue weighted by atomic mass is 16.5. The smallest absolute Gasteiger partial charge is 0.323 e. The van der Waals surface area contributed by atoms with E-state index >= 15 is 0 Å². The predicted octanol–water partition coefficient (Wildman–Crippen LogP) is 2.96. The summed E-state index contributed by atoms with van der Waals surface area (Å²) in [6.45, 7) is 0.0581. The van der Waals surface area contributed by atoms with Crippen molar-refractivity contribution in [2.24, 2.45) is 0 Å². The number of fused-ring (bicyclic) bond motifs is 1. The minimum atomic E-state index is -0.973. The van der Waals surface area contributed by atoms with E-state index in [1.54, 1.807) is 42.1 Å². The topological polar surface area (TPSA) is 104 Å². The Morgan fingerprint density at radius 2 is 1.93 bits per heavy atom. The fraction of sp³-hybridized carbons (Fsp3) is 0.136. The number of nitrogens with zero attached hydrogens (tertiary/aromatic N) is 2. The number of hydrogen-bond donors (Lipinski definition) is 2. The van der Waals surface area contributed by atoms with E-state index in [1.165, 1.54) is 6.08 Å². The number of para-hydroxylation sites is 1. The van der Waals surface area contributed by atoms with Gasteiger partial charge in [-0.25, -0.2) is 0 Å². The second-order valence-corrected chi connectivity index (χ2v) is 6.32. The van der Waals surface area contributed by atoms with Crippen LogP contribution >= 0.6 is 0 Å². The lowest BCUT2D eigenvalue weighted by atomic mass is 10.1. The molecule has 0 radical (unpaired) electrons. The van der Waals surface area contributed by atoms with E-state index in [0.29, 0.717) is 5.56 Å². The number of hydrogen-bond acceptors (Lipinski definition) is 4. The summed E-state index contributed by atoms with van der Waals surface area (Å²) in [5.74, 6) is -0.757. The summed E-state index contributed by atoms with van der Waals surface area (Å²) < 4.78 is 6.68. The summed E-state index contributed by atoms with van der Waals surface area (Å²) in [6, 6.07) is 16.4. The van der Waals surface area contributed by atoms with Crippen molar-refractivity contribution in [1.82, 2.24) is 9.88 Å². The number of carboxylic acid groups (broad SMARTS) is 1. The number of amides is 1. The van der Waals surface area contributed by atoms with Gasteiger partial charge >= 0.3 is 5.97 Å². The summed E-state index contributed by atoms with van der Waals surface area (Å²) in [6.07, 6.45) is 3.11. The maximum absolute atomic E-state index is 12.5. The number of methoxy groups -OCH3 is 1. The molecule has 7 heteroatoms. The molecule has 29 heavy (non-hydrogen) atoms. The number of rotatable bonds is 7. The Morgan fingerprint density at radius 3 is 2.59 bits per heavy atom. The monoisotopic (exact) mass is 389 g/mol. The molecule has 0 atom stereocenters. The van der Waals surface area contributed by atoms with Crippen molar-refractivity contribution in [3.05, 3.63) is 71.4 Å². The quantitative estimate of drug-likeness (QED) is 0.478. The number of aromatic nitrogens is 1. The molecule has 0 saturated carbocycles. The van der Waals surface area contributed by atoms with Crippen LogP contribution in [0.15, 0.2) is 60.3 Å². The van der Waals surface area contributed by atoms with Crippen molar-refractivity contribution in [3.63, 3.8) is 0 Å². The minimum Gasteiger partial charge on any atom is -0.497 e. The number of carboxylic acids is 1. The third-order valence-corrected chi connectivity index (χ3v) is 4.40. The Bertz CT molecular complexity index is 1120. The van der Waals surface area contributed by atoms with Gasteiger partial charge in [-0.05, 0) is 29.8 Å². The Kier molecular flexibility index (Phi) is 5.95. The first-order valence-corrected chi connectivity index (χ1v) is 8.84. The van der Waals surface area contributed by atoms with Gasteiger partial charge in [0.1, 0.15) is 23.9 Å². The van der Waals surface area contributed by atoms with Crippen LogP contribution in [0.5, 0.6) is 5.75 Å². The Hall–Kier alpha value is -4.05. The summed E-state index contributed by atoms with van der Waals surface area (Å²) >= 11 is 0. The normalized spacial score (nSPS) is 11.1. The van der Waals surface area contributed by atoms with Crippen LogP contribution in [0.25, 0.3) is 17.0 Å². The Morgan fingerprint density at radius 1 is 1.21 bits per heavy atom. The maximum Gasteiger partial charge on any atom is 0.323 e. The van der Waals surface area contributed by atoms with Gasteiger partial charge < -0.3 is 19.7 Å². The van der Waals surface area contributed by atoms with Gasteiger partial charge in [-0.2, -0.15) is 5.26 Å². The maximum atomic E-state index is 12.5. The number of nitriles is 1. The lowest BCUT2D eigenvalue weighted by molar-refractivity contribution is -0.137. The Balaban J connectivity index is 1.82. The zero-order valence-electron chi connectivity index (χ0n) is 15.8. The van der Waals surface area contributed by atoms with Crippen molar-refractivity contribution < 1.29 is 19.4 Å². The zero-order chi connectivity index (χ0) is 20.8. The molecule has 1 aromatic heterocycles. The van der Waals surface area contributed by atoms with E-state index in [0.717, 1.165) is 22.2 Å². The summed E-state index contributed by atoms with van der Waals surface area (Å²) in [7, 11) is 1.58. The van der Waals surface area contributed by atoms with Crippen molar-refractivity contribution in [2.75, 3.05) is 7.11 Å². The molecule has 0 unspecified atom stereocenters. The number of aliphatic carboxylic acids is 1. The highest BCUT2D eigenvalue weighted by molar-refractivity contribution is 6.04. The molecule has 0 aliphatic heterocycles. The van der Waals surface area contributed by atoms with Crippen LogP contribution in [-0.4, -0.2) is 28.7 Å². The van der Waals surface area contributed by atoms with E-state index in [2.05, 4.69) is 5.32 Å². The number of carbonyl (C=O) groups is 2. The van der Waals surface area contributed by atoms with Crippen LogP contribution in [0.2, 0.25) is 0 Å². The standard InChI is InChI=1S/C22H19N3O4/c1-29-18-8-6-15(7-9-18)12-24-22(28)16(11-23)10-17-13-25(14-21(26)27)20-5-3-2-4-19(17)20/h2-10,13H,12,14H2,1H3,(H,24,28)(H,26,27). The van der Waals surface area contributed by atoms with E-state index in [4.69, 9.17) is 9.84 Å². The van der Waals surface area contributed by atoms with Gasteiger partial charge in [0.05, 0.1) is 7.11 Å². The molecule has 0 saturated heterocycles. The minimum absolute atomic E-state index is 0.0586. The van der Waals surface area contributed by atoms with Crippen molar-refractivity contribution in [3.8, 4) is 11.8 Å². The molecule has 1 amide bonds. The number of carbonyl (C=O) groups excluding carboxylic acids is 1. The van der Waals surface area contributed by atoms with E-state index < -0.39 is 11.9 Å². The molecule has 2 N–H and O–H groups in total. The third-order valence-electron chi connectivity index (χ3n) is 4.40. The van der Waals surface area contributed by atoms with Crippen LogP contribution in [-0.2, 0) is 22.7 Å². The molecule has 0 fully saturated rings. The van der Waals surface area contributed by atoms with E-state index in [1.807, 2.05) is 30.3 Å². The molecule has 3 aromatic rings. The van der Waals surface area contributed by atoms with Gasteiger partial charge in [0, 0.05) is 29.2 Å². The first-order valence-electron chi connectivity index (χ1n) is 8.84. The molecular weight excluding hydrogens is 370 g/mol. The van der Waals surface area contributed by atoms with Gasteiger partial charge in [-0.3, -0.25) is 9.59 Å². The molecule has 0 aliphatic carbocycles. The first kappa shape index (κ1) is 19.7. The highest BCUT2D eigenvalue weighted by Gasteiger charge is 2.13. The van der Waals surface area contributed by atoms with Gasteiger partial charge in [0.2, 0.25) is 0 Å².